The number of hydrogen-bond donors (Lipinski definition) is 1. The molecule has 82 valence electrons. The fourth-order valence-corrected chi connectivity index (χ4v) is 2.20. The van der Waals surface area contributed by atoms with Crippen molar-refractivity contribution in [2.45, 2.75) is 25.3 Å². The van der Waals surface area contributed by atoms with Crippen LogP contribution in [0.5, 0.6) is 0 Å². The molecular formula is C11H13N5. The SMILES string of the molecule is NC1CCCc2c1cnn2-c1ccncn1. The van der Waals surface area contributed by atoms with E-state index in [0.29, 0.717) is 0 Å². The third kappa shape index (κ3) is 1.40. The topological polar surface area (TPSA) is 69.6 Å². The Morgan fingerprint density at radius 3 is 3.19 bits per heavy atom. The lowest BCUT2D eigenvalue weighted by molar-refractivity contribution is 0.556. The summed E-state index contributed by atoms with van der Waals surface area (Å²) in [6.07, 6.45) is 8.30. The minimum atomic E-state index is 0.124. The standard InChI is InChI=1S/C11H13N5/c12-9-2-1-3-10-8(9)6-15-16(10)11-4-5-13-7-14-11/h4-7,9H,1-3,12H2. The van der Waals surface area contributed by atoms with Crippen molar-refractivity contribution >= 4 is 0 Å². The molecule has 0 radical (unpaired) electrons. The molecule has 2 N–H and O–H groups in total. The molecule has 0 saturated carbocycles. The van der Waals surface area contributed by atoms with Crippen LogP contribution in [-0.4, -0.2) is 19.7 Å². The van der Waals surface area contributed by atoms with Crippen LogP contribution in [0, 0.1) is 0 Å². The van der Waals surface area contributed by atoms with Gasteiger partial charge < -0.3 is 5.73 Å². The maximum Gasteiger partial charge on any atom is 0.156 e. The van der Waals surface area contributed by atoms with Crippen molar-refractivity contribution in [3.8, 4) is 5.82 Å². The average Bonchev–Trinajstić information content (AvgIpc) is 2.75. The molecule has 5 nitrogen and oxygen atoms in total. The van der Waals surface area contributed by atoms with E-state index < -0.39 is 0 Å². The van der Waals surface area contributed by atoms with Crippen LogP contribution in [-0.2, 0) is 6.42 Å². The van der Waals surface area contributed by atoms with Gasteiger partial charge in [-0.1, -0.05) is 0 Å². The van der Waals surface area contributed by atoms with Crippen LogP contribution in [0.25, 0.3) is 5.82 Å². The maximum atomic E-state index is 6.05. The van der Waals surface area contributed by atoms with Crippen LogP contribution < -0.4 is 5.73 Å². The minimum absolute atomic E-state index is 0.124. The van der Waals surface area contributed by atoms with Crippen molar-refractivity contribution in [3.05, 3.63) is 36.0 Å². The first-order valence-corrected chi connectivity index (χ1v) is 5.45. The highest BCUT2D eigenvalue weighted by atomic mass is 15.3. The largest absolute Gasteiger partial charge is 0.324 e. The van der Waals surface area contributed by atoms with E-state index in [4.69, 9.17) is 5.73 Å². The Morgan fingerprint density at radius 2 is 2.38 bits per heavy atom. The summed E-state index contributed by atoms with van der Waals surface area (Å²) in [6, 6.07) is 1.98. The quantitative estimate of drug-likeness (QED) is 0.770. The summed E-state index contributed by atoms with van der Waals surface area (Å²) in [5.74, 6) is 0.811. The molecule has 2 aromatic rings. The first-order valence-electron chi connectivity index (χ1n) is 5.45. The summed E-state index contributed by atoms with van der Waals surface area (Å²) in [4.78, 5) is 8.11. The zero-order valence-corrected chi connectivity index (χ0v) is 8.87. The zero-order valence-electron chi connectivity index (χ0n) is 8.87. The van der Waals surface area contributed by atoms with Crippen LogP contribution in [0.15, 0.2) is 24.8 Å². The van der Waals surface area contributed by atoms with Gasteiger partial charge in [-0.3, -0.25) is 0 Å². The molecule has 0 aliphatic heterocycles. The number of nitrogens with zero attached hydrogens (tertiary/aromatic N) is 4. The van der Waals surface area contributed by atoms with Crippen LogP contribution in [0.4, 0.5) is 0 Å². The summed E-state index contributed by atoms with van der Waals surface area (Å²) in [5, 5.41) is 4.36. The van der Waals surface area contributed by atoms with E-state index in [1.165, 1.54) is 12.0 Å². The highest BCUT2D eigenvalue weighted by molar-refractivity contribution is 5.31. The Kier molecular flexibility index (Phi) is 2.18. The van der Waals surface area contributed by atoms with Gasteiger partial charge in [0.05, 0.1) is 11.9 Å². The number of nitrogens with two attached hydrogens (primary N) is 1. The van der Waals surface area contributed by atoms with E-state index in [1.54, 1.807) is 6.20 Å². The molecule has 0 amide bonds. The molecule has 0 bridgehead atoms. The fourth-order valence-electron chi connectivity index (χ4n) is 2.20. The molecule has 16 heavy (non-hydrogen) atoms. The Hall–Kier alpha value is -1.75. The second kappa shape index (κ2) is 3.68. The highest BCUT2D eigenvalue weighted by Gasteiger charge is 2.22. The van der Waals surface area contributed by atoms with E-state index in [9.17, 15) is 0 Å². The molecule has 0 spiro atoms. The van der Waals surface area contributed by atoms with Crippen LogP contribution >= 0.6 is 0 Å². The summed E-state index contributed by atoms with van der Waals surface area (Å²) in [6.45, 7) is 0. The molecule has 3 rings (SSSR count). The van der Waals surface area contributed by atoms with Gasteiger partial charge in [0.1, 0.15) is 6.33 Å². The van der Waals surface area contributed by atoms with Gasteiger partial charge in [-0.25, -0.2) is 14.6 Å². The first kappa shape index (κ1) is 9.47. The normalized spacial score (nSPS) is 19.4. The zero-order chi connectivity index (χ0) is 11.0. The second-order valence-corrected chi connectivity index (χ2v) is 4.02. The summed E-state index contributed by atoms with van der Waals surface area (Å²) >= 11 is 0. The van der Waals surface area contributed by atoms with Gasteiger partial charge in [-0.2, -0.15) is 5.10 Å². The fraction of sp³-hybridized carbons (Fsp3) is 0.364. The summed E-state index contributed by atoms with van der Waals surface area (Å²) < 4.78 is 1.87. The molecule has 1 aliphatic carbocycles. The predicted molar refractivity (Wildman–Crippen MR) is 59.0 cm³/mol. The van der Waals surface area contributed by atoms with Gasteiger partial charge in [0.25, 0.3) is 0 Å². The van der Waals surface area contributed by atoms with Gasteiger partial charge in [0.15, 0.2) is 5.82 Å². The average molecular weight is 215 g/mol. The molecule has 1 unspecified atom stereocenters. The van der Waals surface area contributed by atoms with Crippen molar-refractivity contribution in [3.63, 3.8) is 0 Å². The molecular weight excluding hydrogens is 202 g/mol. The number of fused-ring (bicyclic) bond motifs is 1. The van der Waals surface area contributed by atoms with Crippen molar-refractivity contribution in [2.75, 3.05) is 0 Å². The third-order valence-electron chi connectivity index (χ3n) is 3.01. The maximum absolute atomic E-state index is 6.05. The monoisotopic (exact) mass is 215 g/mol. The van der Waals surface area contributed by atoms with E-state index >= 15 is 0 Å². The van der Waals surface area contributed by atoms with Crippen LogP contribution in [0.2, 0.25) is 0 Å². The highest BCUT2D eigenvalue weighted by Crippen LogP contribution is 2.28. The molecule has 5 heteroatoms. The Morgan fingerprint density at radius 1 is 1.44 bits per heavy atom. The lowest BCUT2D eigenvalue weighted by Crippen LogP contribution is -2.18. The Balaban J connectivity index is 2.10. The van der Waals surface area contributed by atoms with Crippen molar-refractivity contribution < 1.29 is 0 Å². The summed E-state index contributed by atoms with van der Waals surface area (Å²) in [7, 11) is 0. The van der Waals surface area contributed by atoms with E-state index in [1.807, 2.05) is 16.9 Å². The number of aromatic nitrogens is 4. The molecule has 0 fully saturated rings. The van der Waals surface area contributed by atoms with E-state index in [0.717, 1.165) is 30.6 Å². The lowest BCUT2D eigenvalue weighted by Gasteiger charge is -2.19. The van der Waals surface area contributed by atoms with Gasteiger partial charge >= 0.3 is 0 Å². The van der Waals surface area contributed by atoms with Crippen molar-refractivity contribution in [1.29, 1.82) is 0 Å². The summed E-state index contributed by atoms with van der Waals surface area (Å²) in [5.41, 5.74) is 8.40. The third-order valence-corrected chi connectivity index (χ3v) is 3.01. The van der Waals surface area contributed by atoms with Crippen molar-refractivity contribution in [1.82, 2.24) is 19.7 Å². The Bertz CT molecular complexity index is 490. The molecule has 2 heterocycles. The molecule has 1 atom stereocenters. The van der Waals surface area contributed by atoms with Crippen molar-refractivity contribution in [2.24, 2.45) is 5.73 Å². The molecule has 2 aromatic heterocycles. The molecule has 0 saturated heterocycles. The minimum Gasteiger partial charge on any atom is -0.324 e. The van der Waals surface area contributed by atoms with E-state index in [2.05, 4.69) is 15.1 Å². The van der Waals surface area contributed by atoms with Gasteiger partial charge in [-0.05, 0) is 19.3 Å². The molecule has 0 aromatic carbocycles. The molecule has 1 aliphatic rings. The number of rotatable bonds is 1. The predicted octanol–water partition coefficient (Wildman–Crippen LogP) is 0.998. The number of hydrogen-bond acceptors (Lipinski definition) is 4. The van der Waals surface area contributed by atoms with E-state index in [-0.39, 0.29) is 6.04 Å². The van der Waals surface area contributed by atoms with Crippen LogP contribution in [0.3, 0.4) is 0 Å². The van der Waals surface area contributed by atoms with Gasteiger partial charge in [0, 0.05) is 23.9 Å². The first-order chi connectivity index (χ1) is 7.86. The van der Waals surface area contributed by atoms with Gasteiger partial charge in [0.2, 0.25) is 0 Å². The van der Waals surface area contributed by atoms with Gasteiger partial charge in [-0.15, -0.1) is 0 Å². The lowest BCUT2D eigenvalue weighted by atomic mass is 9.94. The smallest absolute Gasteiger partial charge is 0.156 e. The Labute approximate surface area is 93.3 Å². The second-order valence-electron chi connectivity index (χ2n) is 4.02. The van der Waals surface area contributed by atoms with Crippen LogP contribution in [0.1, 0.15) is 30.1 Å².